The molecule has 1 aromatic carbocycles. The molecule has 2 rings (SSSR count). The van der Waals surface area contributed by atoms with Gasteiger partial charge >= 0.3 is 0 Å². The van der Waals surface area contributed by atoms with Gasteiger partial charge in [0.05, 0.1) is 0 Å². The number of rotatable bonds is 3. The van der Waals surface area contributed by atoms with E-state index in [1.165, 1.54) is 6.92 Å². The van der Waals surface area contributed by atoms with Crippen molar-refractivity contribution in [3.8, 4) is 0 Å². The van der Waals surface area contributed by atoms with Gasteiger partial charge in [-0.25, -0.2) is 0 Å². The topological polar surface area (TPSA) is 37.4 Å². The third-order valence-electron chi connectivity index (χ3n) is 2.85. The van der Waals surface area contributed by atoms with Crippen LogP contribution in [0.3, 0.4) is 0 Å². The van der Waals surface area contributed by atoms with E-state index in [4.69, 9.17) is 0 Å². The largest absolute Gasteiger partial charge is 0.305 e. The quantitative estimate of drug-likeness (QED) is 0.587. The summed E-state index contributed by atoms with van der Waals surface area (Å²) in [5.41, 5.74) is 2.55. The lowest BCUT2D eigenvalue weighted by Crippen LogP contribution is -2.22. The highest BCUT2D eigenvalue weighted by Gasteiger charge is 2.30. The minimum Gasteiger partial charge on any atom is -0.305 e. The Kier molecular flexibility index (Phi) is 2.68. The summed E-state index contributed by atoms with van der Waals surface area (Å²) in [5, 5.41) is 0. The van der Waals surface area contributed by atoms with Crippen LogP contribution in [0.1, 0.15) is 33.2 Å². The number of nitrogens with zero attached hydrogens (tertiary/aromatic N) is 1. The first-order chi connectivity index (χ1) is 8.06. The van der Waals surface area contributed by atoms with Gasteiger partial charge in [0, 0.05) is 28.9 Å². The third-order valence-corrected chi connectivity index (χ3v) is 2.85. The van der Waals surface area contributed by atoms with E-state index in [2.05, 4.69) is 13.2 Å². The first kappa shape index (κ1) is 11.3. The molecule has 0 saturated heterocycles. The van der Waals surface area contributed by atoms with E-state index in [0.717, 1.165) is 5.56 Å². The van der Waals surface area contributed by atoms with E-state index in [0.29, 0.717) is 23.4 Å². The fraction of sp³-hybridized carbons (Fsp3) is 0.143. The van der Waals surface area contributed by atoms with Crippen LogP contribution in [0.25, 0.3) is 5.70 Å². The van der Waals surface area contributed by atoms with E-state index in [1.54, 1.807) is 29.2 Å². The van der Waals surface area contributed by atoms with E-state index < -0.39 is 0 Å². The highest BCUT2D eigenvalue weighted by atomic mass is 16.2. The molecule has 1 aromatic rings. The molecular weight excluding hydrogens is 214 g/mol. The van der Waals surface area contributed by atoms with Gasteiger partial charge in [-0.05, 0) is 13.0 Å². The number of benzene rings is 1. The summed E-state index contributed by atoms with van der Waals surface area (Å²) < 4.78 is 0. The van der Waals surface area contributed by atoms with Crippen LogP contribution in [-0.4, -0.2) is 23.1 Å². The van der Waals surface area contributed by atoms with Crippen LogP contribution in [0.2, 0.25) is 0 Å². The molecule has 1 amide bonds. The minimum atomic E-state index is -0.118. The van der Waals surface area contributed by atoms with Crippen LogP contribution in [0.5, 0.6) is 0 Å². The number of hydrogen-bond acceptors (Lipinski definition) is 2. The zero-order valence-electron chi connectivity index (χ0n) is 9.69. The van der Waals surface area contributed by atoms with E-state index >= 15 is 0 Å². The van der Waals surface area contributed by atoms with Gasteiger partial charge in [0.25, 0.3) is 5.91 Å². The highest BCUT2D eigenvalue weighted by molar-refractivity contribution is 6.10. The van der Waals surface area contributed by atoms with Gasteiger partial charge in [-0.3, -0.25) is 9.59 Å². The molecule has 0 fully saturated rings. The van der Waals surface area contributed by atoms with Gasteiger partial charge in [-0.15, -0.1) is 6.58 Å². The molecule has 0 atom stereocenters. The lowest BCUT2D eigenvalue weighted by atomic mass is 10.0. The van der Waals surface area contributed by atoms with Crippen molar-refractivity contribution in [2.45, 2.75) is 6.92 Å². The summed E-state index contributed by atoms with van der Waals surface area (Å²) in [6.45, 7) is 9.42. The SMILES string of the molecule is C=CCN1C(=C)c2ccc(C(C)=O)cc2C1=O. The van der Waals surface area contributed by atoms with Crippen LogP contribution in [0.4, 0.5) is 0 Å². The number of fused-ring (bicyclic) bond motifs is 1. The maximum Gasteiger partial charge on any atom is 0.259 e. The molecule has 0 saturated carbocycles. The number of hydrogen-bond donors (Lipinski definition) is 0. The van der Waals surface area contributed by atoms with Crippen molar-refractivity contribution in [2.75, 3.05) is 6.54 Å². The normalized spacial score (nSPS) is 13.8. The predicted octanol–water partition coefficient (Wildman–Crippen LogP) is 2.50. The Bertz CT molecular complexity index is 543. The maximum absolute atomic E-state index is 12.1. The molecule has 0 N–H and O–H groups in total. The van der Waals surface area contributed by atoms with Gasteiger partial charge in [-0.2, -0.15) is 0 Å². The molecule has 3 heteroatoms. The Labute approximate surface area is 100 Å². The number of amides is 1. The zero-order chi connectivity index (χ0) is 12.6. The second-order valence-corrected chi connectivity index (χ2v) is 3.97. The van der Waals surface area contributed by atoms with Crippen LogP contribution >= 0.6 is 0 Å². The Morgan fingerprint density at radius 3 is 2.71 bits per heavy atom. The Balaban J connectivity index is 2.50. The third kappa shape index (κ3) is 1.69. The van der Waals surface area contributed by atoms with Gasteiger partial charge in [0.2, 0.25) is 0 Å². The van der Waals surface area contributed by atoms with Crippen molar-refractivity contribution < 1.29 is 9.59 Å². The van der Waals surface area contributed by atoms with Crippen molar-refractivity contribution in [1.82, 2.24) is 4.90 Å². The van der Waals surface area contributed by atoms with Crippen molar-refractivity contribution in [3.05, 3.63) is 54.1 Å². The average molecular weight is 227 g/mol. The Hall–Kier alpha value is -2.16. The predicted molar refractivity (Wildman–Crippen MR) is 66.7 cm³/mol. The summed E-state index contributed by atoms with van der Waals surface area (Å²) >= 11 is 0. The zero-order valence-corrected chi connectivity index (χ0v) is 9.69. The monoisotopic (exact) mass is 227 g/mol. The van der Waals surface area contributed by atoms with E-state index in [9.17, 15) is 9.59 Å². The summed E-state index contributed by atoms with van der Waals surface area (Å²) in [4.78, 5) is 24.9. The average Bonchev–Trinajstić information content (AvgIpc) is 2.54. The van der Waals surface area contributed by atoms with Crippen molar-refractivity contribution in [3.63, 3.8) is 0 Å². The first-order valence-corrected chi connectivity index (χ1v) is 5.33. The van der Waals surface area contributed by atoms with Gasteiger partial charge < -0.3 is 4.90 Å². The molecule has 0 unspecified atom stereocenters. The van der Waals surface area contributed by atoms with Crippen molar-refractivity contribution in [1.29, 1.82) is 0 Å². The Morgan fingerprint density at radius 1 is 1.41 bits per heavy atom. The molecule has 1 heterocycles. The second-order valence-electron chi connectivity index (χ2n) is 3.97. The van der Waals surface area contributed by atoms with Crippen molar-refractivity contribution in [2.24, 2.45) is 0 Å². The Morgan fingerprint density at radius 2 is 2.12 bits per heavy atom. The molecule has 17 heavy (non-hydrogen) atoms. The summed E-state index contributed by atoms with van der Waals surface area (Å²) in [6.07, 6.45) is 1.65. The molecule has 0 bridgehead atoms. The maximum atomic E-state index is 12.1. The summed E-state index contributed by atoms with van der Waals surface area (Å²) in [6, 6.07) is 5.13. The van der Waals surface area contributed by atoms with Crippen LogP contribution in [0.15, 0.2) is 37.4 Å². The standard InChI is InChI=1S/C14H13NO2/c1-4-7-15-9(2)12-6-5-11(10(3)16)8-13(12)14(15)17/h4-6,8H,1-2,7H2,3H3. The number of carbonyl (C=O) groups is 2. The summed E-state index contributed by atoms with van der Waals surface area (Å²) in [5.74, 6) is -0.165. The molecule has 1 aliphatic heterocycles. The van der Waals surface area contributed by atoms with Crippen molar-refractivity contribution >= 4 is 17.4 Å². The number of carbonyl (C=O) groups excluding carboxylic acids is 2. The van der Waals surface area contributed by atoms with Gasteiger partial charge in [-0.1, -0.05) is 24.8 Å². The minimum absolute atomic E-state index is 0.0478. The fourth-order valence-corrected chi connectivity index (χ4v) is 1.93. The smallest absolute Gasteiger partial charge is 0.259 e. The summed E-state index contributed by atoms with van der Waals surface area (Å²) in [7, 11) is 0. The molecule has 0 aromatic heterocycles. The van der Waals surface area contributed by atoms with Crippen LogP contribution in [-0.2, 0) is 0 Å². The fourth-order valence-electron chi connectivity index (χ4n) is 1.93. The lowest BCUT2D eigenvalue weighted by Gasteiger charge is -2.14. The molecular formula is C14H13NO2. The number of Topliss-reactive ketones (excluding diaryl/α,β-unsaturated/α-hetero) is 1. The first-order valence-electron chi connectivity index (χ1n) is 5.33. The van der Waals surface area contributed by atoms with E-state index in [1.807, 2.05) is 0 Å². The molecule has 0 aliphatic carbocycles. The highest BCUT2D eigenvalue weighted by Crippen LogP contribution is 2.31. The molecule has 1 aliphatic rings. The van der Waals surface area contributed by atoms with Gasteiger partial charge in [0.15, 0.2) is 5.78 Å². The number of ketones is 1. The van der Waals surface area contributed by atoms with Gasteiger partial charge in [0.1, 0.15) is 0 Å². The second kappa shape index (κ2) is 4.01. The van der Waals surface area contributed by atoms with Crippen LogP contribution < -0.4 is 0 Å². The lowest BCUT2D eigenvalue weighted by molar-refractivity contribution is 0.0862. The molecule has 0 spiro atoms. The van der Waals surface area contributed by atoms with E-state index in [-0.39, 0.29) is 11.7 Å². The van der Waals surface area contributed by atoms with Crippen LogP contribution in [0, 0.1) is 0 Å². The molecule has 0 radical (unpaired) electrons. The molecule has 3 nitrogen and oxygen atoms in total. The molecule has 86 valence electrons.